The first-order valence-corrected chi connectivity index (χ1v) is 8.01. The van der Waals surface area contributed by atoms with Gasteiger partial charge in [-0.1, -0.05) is 44.2 Å². The third kappa shape index (κ3) is 2.88. The van der Waals surface area contributed by atoms with Crippen LogP contribution < -0.4 is 5.32 Å². The van der Waals surface area contributed by atoms with E-state index < -0.39 is 0 Å². The second-order valence-electron chi connectivity index (χ2n) is 6.35. The van der Waals surface area contributed by atoms with E-state index in [1.807, 2.05) is 0 Å². The van der Waals surface area contributed by atoms with Crippen molar-refractivity contribution < 1.29 is 0 Å². The Morgan fingerprint density at radius 3 is 2.67 bits per heavy atom. The minimum Gasteiger partial charge on any atom is -0.328 e. The molecular weight excluding hydrogens is 258 g/mol. The van der Waals surface area contributed by atoms with Crippen LogP contribution in [0.25, 0.3) is 0 Å². The van der Waals surface area contributed by atoms with E-state index in [-0.39, 0.29) is 0 Å². The SMILES string of the molecule is CC(C)c1nc2c(n1C(C)Cc1ccccc1)CCNC2. The van der Waals surface area contributed by atoms with Crippen LogP contribution in [-0.4, -0.2) is 16.1 Å². The van der Waals surface area contributed by atoms with E-state index in [1.54, 1.807) is 0 Å². The maximum Gasteiger partial charge on any atom is 0.112 e. The van der Waals surface area contributed by atoms with Crippen molar-refractivity contribution in [1.29, 1.82) is 0 Å². The molecule has 0 spiro atoms. The van der Waals surface area contributed by atoms with Crippen molar-refractivity contribution in [2.24, 2.45) is 0 Å². The number of hydrogen-bond acceptors (Lipinski definition) is 2. The summed E-state index contributed by atoms with van der Waals surface area (Å²) in [5.41, 5.74) is 4.10. The van der Waals surface area contributed by atoms with Crippen LogP contribution in [-0.2, 0) is 19.4 Å². The van der Waals surface area contributed by atoms with Crippen LogP contribution >= 0.6 is 0 Å². The van der Waals surface area contributed by atoms with Crippen molar-refractivity contribution >= 4 is 0 Å². The summed E-state index contributed by atoms with van der Waals surface area (Å²) in [6.07, 6.45) is 2.16. The Morgan fingerprint density at radius 2 is 1.95 bits per heavy atom. The van der Waals surface area contributed by atoms with Gasteiger partial charge in [0.15, 0.2) is 0 Å². The molecule has 112 valence electrons. The number of aromatic nitrogens is 2. The average Bonchev–Trinajstić information content (AvgIpc) is 2.88. The molecule has 21 heavy (non-hydrogen) atoms. The van der Waals surface area contributed by atoms with E-state index in [9.17, 15) is 0 Å². The molecule has 3 heteroatoms. The van der Waals surface area contributed by atoms with Gasteiger partial charge in [-0.3, -0.25) is 0 Å². The van der Waals surface area contributed by atoms with Gasteiger partial charge in [-0.25, -0.2) is 4.98 Å². The number of benzene rings is 1. The number of nitrogens with one attached hydrogen (secondary N) is 1. The van der Waals surface area contributed by atoms with E-state index in [0.29, 0.717) is 12.0 Å². The van der Waals surface area contributed by atoms with E-state index in [4.69, 9.17) is 4.98 Å². The molecule has 0 bridgehead atoms. The van der Waals surface area contributed by atoms with Gasteiger partial charge < -0.3 is 9.88 Å². The fraction of sp³-hybridized carbons (Fsp3) is 0.500. The molecule has 0 amide bonds. The Balaban J connectivity index is 1.94. The van der Waals surface area contributed by atoms with E-state index >= 15 is 0 Å². The van der Waals surface area contributed by atoms with Crippen LogP contribution in [0.4, 0.5) is 0 Å². The number of imidazole rings is 1. The molecule has 0 saturated carbocycles. The van der Waals surface area contributed by atoms with Gasteiger partial charge >= 0.3 is 0 Å². The van der Waals surface area contributed by atoms with Gasteiger partial charge in [0.2, 0.25) is 0 Å². The maximum absolute atomic E-state index is 4.91. The van der Waals surface area contributed by atoms with Gasteiger partial charge in [0.05, 0.1) is 5.69 Å². The Hall–Kier alpha value is -1.61. The molecule has 2 aromatic rings. The first-order chi connectivity index (χ1) is 10.2. The fourth-order valence-electron chi connectivity index (χ4n) is 3.30. The lowest BCUT2D eigenvalue weighted by atomic mass is 10.0. The van der Waals surface area contributed by atoms with Crippen LogP contribution in [0.5, 0.6) is 0 Å². The predicted molar refractivity (Wildman–Crippen MR) is 86.6 cm³/mol. The normalized spacial score (nSPS) is 16.0. The molecule has 1 atom stereocenters. The summed E-state index contributed by atoms with van der Waals surface area (Å²) in [7, 11) is 0. The topological polar surface area (TPSA) is 29.9 Å². The van der Waals surface area contributed by atoms with Gasteiger partial charge in [0.1, 0.15) is 5.82 Å². The van der Waals surface area contributed by atoms with Gasteiger partial charge in [-0.15, -0.1) is 0 Å². The van der Waals surface area contributed by atoms with Gasteiger partial charge in [-0.05, 0) is 18.9 Å². The number of fused-ring (bicyclic) bond motifs is 1. The van der Waals surface area contributed by atoms with Crippen molar-refractivity contribution in [2.75, 3.05) is 6.54 Å². The highest BCUT2D eigenvalue weighted by Crippen LogP contribution is 2.27. The molecule has 2 heterocycles. The molecule has 1 aromatic carbocycles. The Labute approximate surface area is 127 Å². The summed E-state index contributed by atoms with van der Waals surface area (Å²) in [5, 5.41) is 3.43. The zero-order chi connectivity index (χ0) is 14.8. The average molecular weight is 283 g/mol. The summed E-state index contributed by atoms with van der Waals surface area (Å²) in [6, 6.07) is 11.2. The summed E-state index contributed by atoms with van der Waals surface area (Å²) in [5.74, 6) is 1.71. The molecule has 0 fully saturated rings. The smallest absolute Gasteiger partial charge is 0.112 e. The lowest BCUT2D eigenvalue weighted by Gasteiger charge is -2.23. The minimum absolute atomic E-state index is 0.458. The quantitative estimate of drug-likeness (QED) is 0.931. The third-order valence-electron chi connectivity index (χ3n) is 4.28. The Bertz CT molecular complexity index is 598. The summed E-state index contributed by atoms with van der Waals surface area (Å²) < 4.78 is 2.51. The van der Waals surface area contributed by atoms with Crippen molar-refractivity contribution in [3.63, 3.8) is 0 Å². The van der Waals surface area contributed by atoms with Crippen molar-refractivity contribution in [1.82, 2.24) is 14.9 Å². The van der Waals surface area contributed by atoms with Crippen molar-refractivity contribution in [2.45, 2.75) is 52.1 Å². The minimum atomic E-state index is 0.458. The lowest BCUT2D eigenvalue weighted by molar-refractivity contribution is 0.482. The molecule has 0 aliphatic carbocycles. The largest absolute Gasteiger partial charge is 0.328 e. The fourth-order valence-corrected chi connectivity index (χ4v) is 3.30. The molecule has 1 aliphatic heterocycles. The molecule has 1 unspecified atom stereocenters. The second kappa shape index (κ2) is 6.02. The first kappa shape index (κ1) is 14.3. The van der Waals surface area contributed by atoms with E-state index in [1.165, 1.54) is 22.8 Å². The Kier molecular flexibility index (Phi) is 4.11. The van der Waals surface area contributed by atoms with Gasteiger partial charge in [0.25, 0.3) is 0 Å². The zero-order valence-electron chi connectivity index (χ0n) is 13.3. The molecule has 0 radical (unpaired) electrons. The van der Waals surface area contributed by atoms with Gasteiger partial charge in [-0.2, -0.15) is 0 Å². The molecule has 1 aromatic heterocycles. The second-order valence-corrected chi connectivity index (χ2v) is 6.35. The van der Waals surface area contributed by atoms with Crippen LogP contribution in [0.2, 0.25) is 0 Å². The number of hydrogen-bond donors (Lipinski definition) is 1. The van der Waals surface area contributed by atoms with E-state index in [2.05, 4.69) is 61.0 Å². The van der Waals surface area contributed by atoms with Crippen LogP contribution in [0.3, 0.4) is 0 Å². The first-order valence-electron chi connectivity index (χ1n) is 8.01. The van der Waals surface area contributed by atoms with Gasteiger partial charge in [0, 0.05) is 37.2 Å². The van der Waals surface area contributed by atoms with E-state index in [0.717, 1.165) is 25.9 Å². The molecule has 3 nitrogen and oxygen atoms in total. The van der Waals surface area contributed by atoms with Crippen molar-refractivity contribution in [3.8, 4) is 0 Å². The summed E-state index contributed by atoms with van der Waals surface area (Å²) in [6.45, 7) is 8.79. The summed E-state index contributed by atoms with van der Waals surface area (Å²) >= 11 is 0. The molecule has 1 N–H and O–H groups in total. The summed E-state index contributed by atoms with van der Waals surface area (Å²) in [4.78, 5) is 4.91. The Morgan fingerprint density at radius 1 is 1.19 bits per heavy atom. The third-order valence-corrected chi connectivity index (χ3v) is 4.28. The van der Waals surface area contributed by atoms with Crippen molar-refractivity contribution in [3.05, 3.63) is 53.1 Å². The zero-order valence-corrected chi connectivity index (χ0v) is 13.3. The number of rotatable bonds is 4. The highest BCUT2D eigenvalue weighted by atomic mass is 15.1. The molecular formula is C18H25N3. The molecule has 0 saturated heterocycles. The highest BCUT2D eigenvalue weighted by molar-refractivity contribution is 5.24. The highest BCUT2D eigenvalue weighted by Gasteiger charge is 2.24. The monoisotopic (exact) mass is 283 g/mol. The number of nitrogens with zero attached hydrogens (tertiary/aromatic N) is 2. The van der Waals surface area contributed by atoms with Crippen LogP contribution in [0.1, 0.15) is 55.5 Å². The molecule has 1 aliphatic rings. The standard InChI is InChI=1S/C18H25N3/c1-13(2)18-20-16-12-19-10-9-17(16)21(18)14(3)11-15-7-5-4-6-8-15/h4-8,13-14,19H,9-12H2,1-3H3. The predicted octanol–water partition coefficient (Wildman–Crippen LogP) is 3.46. The van der Waals surface area contributed by atoms with Crippen LogP contribution in [0.15, 0.2) is 30.3 Å². The maximum atomic E-state index is 4.91. The lowest BCUT2D eigenvalue weighted by Crippen LogP contribution is -2.26. The molecule has 3 rings (SSSR count). The van der Waals surface area contributed by atoms with Crippen LogP contribution in [0, 0.1) is 0 Å².